The van der Waals surface area contributed by atoms with Gasteiger partial charge in [0.15, 0.2) is 0 Å². The molecule has 1 aliphatic heterocycles. The highest BCUT2D eigenvalue weighted by Gasteiger charge is 2.20. The molecule has 5 nitrogen and oxygen atoms in total. The van der Waals surface area contributed by atoms with Gasteiger partial charge in [-0.2, -0.15) is 0 Å². The Morgan fingerprint density at radius 2 is 1.52 bits per heavy atom. The summed E-state index contributed by atoms with van der Waals surface area (Å²) in [4.78, 5) is 26.5. The average molecular weight is 414 g/mol. The van der Waals surface area contributed by atoms with Crippen molar-refractivity contribution in [3.63, 3.8) is 0 Å². The van der Waals surface area contributed by atoms with E-state index in [1.54, 1.807) is 0 Å². The van der Waals surface area contributed by atoms with Crippen LogP contribution >= 0.6 is 0 Å². The molecule has 4 rings (SSSR count). The Hall–Kier alpha value is -3.60. The van der Waals surface area contributed by atoms with Crippen molar-refractivity contribution >= 4 is 11.9 Å². The van der Waals surface area contributed by atoms with Gasteiger partial charge in [-0.25, -0.2) is 4.79 Å². The predicted octanol–water partition coefficient (Wildman–Crippen LogP) is 4.40. The van der Waals surface area contributed by atoms with Gasteiger partial charge >= 0.3 is 6.03 Å². The summed E-state index contributed by atoms with van der Waals surface area (Å²) < 4.78 is 0. The number of carbonyl (C=O) groups excluding carboxylic acids is 2. The Bertz CT molecular complexity index is 982. The van der Waals surface area contributed by atoms with Gasteiger partial charge in [0, 0.05) is 26.1 Å². The molecular weight excluding hydrogens is 386 g/mol. The van der Waals surface area contributed by atoms with E-state index in [-0.39, 0.29) is 18.0 Å². The Labute approximate surface area is 183 Å². The van der Waals surface area contributed by atoms with Gasteiger partial charge in [-0.15, -0.1) is 0 Å². The highest BCUT2D eigenvalue weighted by molar-refractivity contribution is 5.78. The Balaban J connectivity index is 1.39. The number of hydrogen-bond acceptors (Lipinski definition) is 2. The molecule has 3 aromatic rings. The Kier molecular flexibility index (Phi) is 6.62. The first-order chi connectivity index (χ1) is 15.2. The van der Waals surface area contributed by atoms with E-state index in [0.717, 1.165) is 35.2 Å². The van der Waals surface area contributed by atoms with Crippen LogP contribution in [0.2, 0.25) is 0 Å². The zero-order valence-electron chi connectivity index (χ0n) is 17.5. The summed E-state index contributed by atoms with van der Waals surface area (Å²) in [5.41, 5.74) is 4.15. The van der Waals surface area contributed by atoms with Crippen LogP contribution in [0.25, 0.3) is 0 Å². The Morgan fingerprint density at radius 1 is 0.871 bits per heavy atom. The molecule has 2 N–H and O–H groups in total. The molecule has 1 aliphatic rings. The lowest BCUT2D eigenvalue weighted by Gasteiger charge is -2.20. The standard InChI is InChI=1S/C26H27N3O2/c30-24-15-8-16-29(24)19-21-10-7-9-20(17-21)18-27-26(31)28-25(22-11-3-1-4-12-22)23-13-5-2-6-14-23/h1-7,9-14,17,25H,8,15-16,18-19H2,(H2,27,28,31). The van der Waals surface area contributed by atoms with Crippen LogP contribution in [0.15, 0.2) is 84.9 Å². The summed E-state index contributed by atoms with van der Waals surface area (Å²) in [6, 6.07) is 27.5. The molecule has 1 heterocycles. The molecule has 0 unspecified atom stereocenters. The number of amides is 3. The maximum absolute atomic E-state index is 12.7. The third-order valence-electron chi connectivity index (χ3n) is 5.53. The molecule has 0 spiro atoms. The molecule has 31 heavy (non-hydrogen) atoms. The number of urea groups is 1. The van der Waals surface area contributed by atoms with Crippen LogP contribution in [0, 0.1) is 0 Å². The smallest absolute Gasteiger partial charge is 0.315 e. The van der Waals surface area contributed by atoms with E-state index < -0.39 is 0 Å². The summed E-state index contributed by atoms with van der Waals surface area (Å²) in [6.45, 7) is 1.87. The van der Waals surface area contributed by atoms with Gasteiger partial charge in [0.2, 0.25) is 5.91 Å². The molecule has 3 aromatic carbocycles. The summed E-state index contributed by atoms with van der Waals surface area (Å²) in [5, 5.41) is 6.06. The van der Waals surface area contributed by atoms with E-state index >= 15 is 0 Å². The van der Waals surface area contributed by atoms with Crippen molar-refractivity contribution in [3.05, 3.63) is 107 Å². The summed E-state index contributed by atoms with van der Waals surface area (Å²) >= 11 is 0. The molecule has 0 radical (unpaired) electrons. The minimum atomic E-state index is -0.227. The normalized spacial score (nSPS) is 13.5. The lowest BCUT2D eigenvalue weighted by Crippen LogP contribution is -2.38. The van der Waals surface area contributed by atoms with Gasteiger partial charge in [0.1, 0.15) is 0 Å². The SMILES string of the molecule is O=C(NCc1cccc(CN2CCCC2=O)c1)NC(c1ccccc1)c1ccccc1. The molecule has 158 valence electrons. The zero-order chi connectivity index (χ0) is 21.5. The van der Waals surface area contributed by atoms with Crippen LogP contribution in [0.3, 0.4) is 0 Å². The molecule has 0 aliphatic carbocycles. The lowest BCUT2D eigenvalue weighted by atomic mass is 9.99. The van der Waals surface area contributed by atoms with Crippen LogP contribution < -0.4 is 10.6 Å². The van der Waals surface area contributed by atoms with Gasteiger partial charge in [0.05, 0.1) is 6.04 Å². The maximum atomic E-state index is 12.7. The molecule has 1 fully saturated rings. The average Bonchev–Trinajstić information content (AvgIpc) is 3.21. The highest BCUT2D eigenvalue weighted by atomic mass is 16.2. The van der Waals surface area contributed by atoms with Crippen molar-refractivity contribution in [1.29, 1.82) is 0 Å². The fourth-order valence-electron chi connectivity index (χ4n) is 3.94. The first-order valence-electron chi connectivity index (χ1n) is 10.7. The fourth-order valence-corrected chi connectivity index (χ4v) is 3.94. The van der Waals surface area contributed by atoms with Gasteiger partial charge in [0.25, 0.3) is 0 Å². The largest absolute Gasteiger partial charge is 0.338 e. The quantitative estimate of drug-likeness (QED) is 0.603. The molecule has 0 aromatic heterocycles. The fraction of sp³-hybridized carbons (Fsp3) is 0.231. The predicted molar refractivity (Wildman–Crippen MR) is 121 cm³/mol. The maximum Gasteiger partial charge on any atom is 0.315 e. The van der Waals surface area contributed by atoms with Crippen LogP contribution in [-0.2, 0) is 17.9 Å². The first kappa shape index (κ1) is 20.7. The molecule has 0 bridgehead atoms. The number of rotatable bonds is 7. The van der Waals surface area contributed by atoms with Gasteiger partial charge in [-0.1, -0.05) is 84.9 Å². The van der Waals surface area contributed by atoms with Gasteiger partial charge in [-0.05, 0) is 28.7 Å². The summed E-state index contributed by atoms with van der Waals surface area (Å²) in [6.07, 6.45) is 1.58. The lowest BCUT2D eigenvalue weighted by molar-refractivity contribution is -0.128. The number of nitrogens with zero attached hydrogens (tertiary/aromatic N) is 1. The van der Waals surface area contributed by atoms with Crippen LogP contribution in [-0.4, -0.2) is 23.4 Å². The third-order valence-corrected chi connectivity index (χ3v) is 5.53. The van der Waals surface area contributed by atoms with Crippen molar-refractivity contribution in [2.45, 2.75) is 32.0 Å². The molecular formula is C26H27N3O2. The van der Waals surface area contributed by atoms with Crippen LogP contribution in [0.1, 0.15) is 41.1 Å². The van der Waals surface area contributed by atoms with E-state index in [4.69, 9.17) is 0 Å². The van der Waals surface area contributed by atoms with Crippen LogP contribution in [0.5, 0.6) is 0 Å². The van der Waals surface area contributed by atoms with Crippen LogP contribution in [0.4, 0.5) is 4.79 Å². The first-order valence-corrected chi connectivity index (χ1v) is 10.7. The minimum Gasteiger partial charge on any atom is -0.338 e. The van der Waals surface area contributed by atoms with Crippen molar-refractivity contribution < 1.29 is 9.59 Å². The molecule has 5 heteroatoms. The second-order valence-electron chi connectivity index (χ2n) is 7.82. The number of likely N-dealkylation sites (tertiary alicyclic amines) is 1. The molecule has 0 atom stereocenters. The monoisotopic (exact) mass is 413 g/mol. The molecule has 1 saturated heterocycles. The van der Waals surface area contributed by atoms with E-state index in [1.165, 1.54) is 0 Å². The number of carbonyl (C=O) groups is 2. The molecule has 0 saturated carbocycles. The van der Waals surface area contributed by atoms with E-state index in [2.05, 4.69) is 16.7 Å². The van der Waals surface area contributed by atoms with Crippen molar-refractivity contribution in [2.24, 2.45) is 0 Å². The summed E-state index contributed by atoms with van der Waals surface area (Å²) in [5.74, 6) is 0.218. The number of nitrogens with one attached hydrogen (secondary N) is 2. The van der Waals surface area contributed by atoms with E-state index in [9.17, 15) is 9.59 Å². The topological polar surface area (TPSA) is 61.4 Å². The Morgan fingerprint density at radius 3 is 2.13 bits per heavy atom. The zero-order valence-corrected chi connectivity index (χ0v) is 17.5. The van der Waals surface area contributed by atoms with Crippen molar-refractivity contribution in [1.82, 2.24) is 15.5 Å². The van der Waals surface area contributed by atoms with Gasteiger partial charge in [-0.3, -0.25) is 4.79 Å². The second-order valence-corrected chi connectivity index (χ2v) is 7.82. The minimum absolute atomic E-state index is 0.218. The summed E-state index contributed by atoms with van der Waals surface area (Å²) in [7, 11) is 0. The number of benzene rings is 3. The number of hydrogen-bond donors (Lipinski definition) is 2. The second kappa shape index (κ2) is 9.94. The van der Waals surface area contributed by atoms with Crippen molar-refractivity contribution in [3.8, 4) is 0 Å². The molecule has 3 amide bonds. The third kappa shape index (κ3) is 5.51. The van der Waals surface area contributed by atoms with E-state index in [1.807, 2.05) is 83.8 Å². The van der Waals surface area contributed by atoms with Crippen molar-refractivity contribution in [2.75, 3.05) is 6.54 Å². The van der Waals surface area contributed by atoms with Gasteiger partial charge < -0.3 is 15.5 Å². The van der Waals surface area contributed by atoms with E-state index in [0.29, 0.717) is 19.5 Å². The highest BCUT2D eigenvalue weighted by Crippen LogP contribution is 2.21.